The average molecular weight is 321 g/mol. The molecule has 1 amide bonds. The van der Waals surface area contributed by atoms with Gasteiger partial charge < -0.3 is 10.1 Å². The zero-order chi connectivity index (χ0) is 15.8. The number of carbonyl (C=O) groups is 1. The van der Waals surface area contributed by atoms with Crippen LogP contribution < -0.4 is 20.9 Å². The summed E-state index contributed by atoms with van der Waals surface area (Å²) in [5.41, 5.74) is 6.49. The third kappa shape index (κ3) is 5.89. The molecule has 0 aliphatic heterocycles. The Hall–Kier alpha value is -1.82. The first-order chi connectivity index (χ1) is 10.6. The molecule has 1 aliphatic rings. The van der Waals surface area contributed by atoms with E-state index < -0.39 is 0 Å². The molecule has 1 aliphatic carbocycles. The standard InChI is InChI=1S/C16H23N3O2S/c1-12-6-8-14(9-7-12)21-11-10-15(20)18-19-16(22)17-13-4-2-3-5-13/h6-9,13H,2-5,10-11H2,1H3,(H,18,20)(H2,17,19,22). The minimum atomic E-state index is -0.150. The number of thiocarbonyl (C=S) groups is 1. The maximum atomic E-state index is 11.7. The molecule has 1 saturated carbocycles. The lowest BCUT2D eigenvalue weighted by Crippen LogP contribution is -2.49. The van der Waals surface area contributed by atoms with Gasteiger partial charge >= 0.3 is 0 Å². The minimum absolute atomic E-state index is 0.150. The number of nitrogens with one attached hydrogen (secondary N) is 3. The van der Waals surface area contributed by atoms with E-state index in [-0.39, 0.29) is 12.3 Å². The van der Waals surface area contributed by atoms with Gasteiger partial charge in [-0.25, -0.2) is 0 Å². The molecule has 0 heterocycles. The molecule has 120 valence electrons. The van der Waals surface area contributed by atoms with Crippen LogP contribution in [0.3, 0.4) is 0 Å². The van der Waals surface area contributed by atoms with E-state index in [2.05, 4.69) is 16.2 Å². The quantitative estimate of drug-likeness (QED) is 0.573. The van der Waals surface area contributed by atoms with E-state index in [1.165, 1.54) is 18.4 Å². The topological polar surface area (TPSA) is 62.4 Å². The Morgan fingerprint density at radius 2 is 1.91 bits per heavy atom. The van der Waals surface area contributed by atoms with Crippen LogP contribution in [0.15, 0.2) is 24.3 Å². The van der Waals surface area contributed by atoms with E-state index in [9.17, 15) is 4.79 Å². The van der Waals surface area contributed by atoms with Crippen molar-refractivity contribution in [2.24, 2.45) is 0 Å². The van der Waals surface area contributed by atoms with Crippen LogP contribution in [-0.2, 0) is 4.79 Å². The number of aryl methyl sites for hydroxylation is 1. The van der Waals surface area contributed by atoms with Crippen LogP contribution in [0.4, 0.5) is 0 Å². The second-order valence-electron chi connectivity index (χ2n) is 5.54. The molecule has 6 heteroatoms. The van der Waals surface area contributed by atoms with Gasteiger partial charge in [0, 0.05) is 6.04 Å². The molecule has 0 saturated heterocycles. The molecule has 5 nitrogen and oxygen atoms in total. The van der Waals surface area contributed by atoms with Crippen molar-refractivity contribution in [3.63, 3.8) is 0 Å². The fourth-order valence-corrected chi connectivity index (χ4v) is 2.59. The van der Waals surface area contributed by atoms with Crippen molar-refractivity contribution in [2.75, 3.05) is 6.61 Å². The van der Waals surface area contributed by atoms with Crippen LogP contribution in [0.2, 0.25) is 0 Å². The van der Waals surface area contributed by atoms with Crippen molar-refractivity contribution in [1.29, 1.82) is 0 Å². The second-order valence-corrected chi connectivity index (χ2v) is 5.95. The van der Waals surface area contributed by atoms with Crippen molar-refractivity contribution in [3.8, 4) is 5.75 Å². The predicted molar refractivity (Wildman–Crippen MR) is 90.6 cm³/mol. The van der Waals surface area contributed by atoms with Crippen molar-refractivity contribution in [3.05, 3.63) is 29.8 Å². The summed E-state index contributed by atoms with van der Waals surface area (Å²) in [6, 6.07) is 8.17. The first-order valence-electron chi connectivity index (χ1n) is 7.68. The maximum Gasteiger partial charge on any atom is 0.241 e. The highest BCUT2D eigenvalue weighted by Gasteiger charge is 2.15. The molecule has 2 rings (SSSR count). The van der Waals surface area contributed by atoms with E-state index in [1.54, 1.807) is 0 Å². The fourth-order valence-electron chi connectivity index (χ4n) is 2.38. The van der Waals surface area contributed by atoms with Gasteiger partial charge in [-0.3, -0.25) is 15.6 Å². The van der Waals surface area contributed by atoms with Crippen LogP contribution in [0, 0.1) is 6.92 Å². The molecule has 1 fully saturated rings. The summed E-state index contributed by atoms with van der Waals surface area (Å²) in [7, 11) is 0. The lowest BCUT2D eigenvalue weighted by molar-refractivity contribution is -0.122. The number of carbonyl (C=O) groups excluding carboxylic acids is 1. The average Bonchev–Trinajstić information content (AvgIpc) is 3.00. The number of rotatable bonds is 5. The number of hydrazine groups is 1. The Bertz CT molecular complexity index is 499. The van der Waals surface area contributed by atoms with Crippen LogP contribution in [0.1, 0.15) is 37.7 Å². The Morgan fingerprint density at radius 3 is 2.59 bits per heavy atom. The Balaban J connectivity index is 1.57. The van der Waals surface area contributed by atoms with Gasteiger partial charge in [-0.1, -0.05) is 30.5 Å². The molecule has 0 atom stereocenters. The van der Waals surface area contributed by atoms with E-state index in [1.807, 2.05) is 31.2 Å². The Labute approximate surface area is 136 Å². The molecule has 0 radical (unpaired) electrons. The molecule has 0 unspecified atom stereocenters. The van der Waals surface area contributed by atoms with Gasteiger partial charge in [-0.2, -0.15) is 0 Å². The third-order valence-corrected chi connectivity index (χ3v) is 3.84. The first kappa shape index (κ1) is 16.5. The van der Waals surface area contributed by atoms with Gasteiger partial charge in [0.15, 0.2) is 5.11 Å². The molecular weight excluding hydrogens is 298 g/mol. The van der Waals surface area contributed by atoms with Gasteiger partial charge in [0.1, 0.15) is 5.75 Å². The van der Waals surface area contributed by atoms with Gasteiger partial charge in [0.05, 0.1) is 13.0 Å². The van der Waals surface area contributed by atoms with Crippen LogP contribution >= 0.6 is 12.2 Å². The van der Waals surface area contributed by atoms with E-state index in [4.69, 9.17) is 17.0 Å². The Morgan fingerprint density at radius 1 is 1.23 bits per heavy atom. The fraction of sp³-hybridized carbons (Fsp3) is 0.500. The van der Waals surface area contributed by atoms with E-state index in [0.717, 1.165) is 18.6 Å². The van der Waals surface area contributed by atoms with Crippen LogP contribution in [-0.4, -0.2) is 23.7 Å². The molecule has 0 aromatic heterocycles. The lowest BCUT2D eigenvalue weighted by atomic mass is 10.2. The van der Waals surface area contributed by atoms with Gasteiger partial charge in [0.25, 0.3) is 0 Å². The monoisotopic (exact) mass is 321 g/mol. The van der Waals surface area contributed by atoms with E-state index in [0.29, 0.717) is 17.8 Å². The van der Waals surface area contributed by atoms with Crippen molar-refractivity contribution < 1.29 is 9.53 Å². The van der Waals surface area contributed by atoms with Crippen LogP contribution in [0.5, 0.6) is 5.75 Å². The molecule has 0 bridgehead atoms. The summed E-state index contributed by atoms with van der Waals surface area (Å²) < 4.78 is 5.51. The summed E-state index contributed by atoms with van der Waals surface area (Å²) in [6.45, 7) is 2.35. The second kappa shape index (κ2) is 8.58. The van der Waals surface area contributed by atoms with Crippen molar-refractivity contribution in [1.82, 2.24) is 16.2 Å². The summed E-state index contributed by atoms with van der Waals surface area (Å²) in [6.07, 6.45) is 5.03. The molecule has 0 spiro atoms. The zero-order valence-corrected chi connectivity index (χ0v) is 13.7. The van der Waals surface area contributed by atoms with Crippen LogP contribution in [0.25, 0.3) is 0 Å². The summed E-state index contributed by atoms with van der Waals surface area (Å²) in [4.78, 5) is 11.7. The Kier molecular flexibility index (Phi) is 6.45. The number of ether oxygens (including phenoxy) is 1. The predicted octanol–water partition coefficient (Wildman–Crippen LogP) is 2.20. The van der Waals surface area contributed by atoms with Crippen molar-refractivity contribution in [2.45, 2.75) is 45.1 Å². The number of hydrogen-bond donors (Lipinski definition) is 3. The zero-order valence-electron chi connectivity index (χ0n) is 12.9. The molecule has 22 heavy (non-hydrogen) atoms. The molecule has 1 aromatic rings. The third-order valence-electron chi connectivity index (χ3n) is 3.62. The number of benzene rings is 1. The largest absolute Gasteiger partial charge is 0.493 e. The normalized spacial score (nSPS) is 14.4. The van der Waals surface area contributed by atoms with Gasteiger partial charge in [-0.05, 0) is 44.1 Å². The SMILES string of the molecule is Cc1ccc(OCCC(=O)NNC(=S)NC2CCCC2)cc1. The van der Waals surface area contributed by atoms with Gasteiger partial charge in [-0.15, -0.1) is 0 Å². The van der Waals surface area contributed by atoms with E-state index >= 15 is 0 Å². The first-order valence-corrected chi connectivity index (χ1v) is 8.09. The minimum Gasteiger partial charge on any atom is -0.493 e. The summed E-state index contributed by atoms with van der Waals surface area (Å²) in [5, 5.41) is 3.67. The molecule has 3 N–H and O–H groups in total. The highest BCUT2D eigenvalue weighted by molar-refractivity contribution is 7.80. The molecule has 1 aromatic carbocycles. The summed E-state index contributed by atoms with van der Waals surface area (Å²) >= 11 is 5.14. The van der Waals surface area contributed by atoms with Crippen molar-refractivity contribution >= 4 is 23.2 Å². The molecular formula is C16H23N3O2S. The van der Waals surface area contributed by atoms with Gasteiger partial charge in [0.2, 0.25) is 5.91 Å². The number of hydrogen-bond acceptors (Lipinski definition) is 3. The highest BCUT2D eigenvalue weighted by Crippen LogP contribution is 2.17. The number of amides is 1. The smallest absolute Gasteiger partial charge is 0.241 e. The lowest BCUT2D eigenvalue weighted by Gasteiger charge is -2.16. The summed E-state index contributed by atoms with van der Waals surface area (Å²) in [5.74, 6) is 0.618. The maximum absolute atomic E-state index is 11.7. The highest BCUT2D eigenvalue weighted by atomic mass is 32.1.